The molecule has 4 heteroatoms. The maximum atomic E-state index is 11.7. The monoisotopic (exact) mass is 224 g/mol. The summed E-state index contributed by atoms with van der Waals surface area (Å²) in [7, 11) is 1.59. The minimum Gasteiger partial charge on any atom is -0.369 e. The number of carbonyl (C=O) groups excluding carboxylic acids is 2. The van der Waals surface area contributed by atoms with Gasteiger partial charge in [0.1, 0.15) is 0 Å². The maximum Gasteiger partial charge on any atom is 0.223 e. The molecule has 0 bridgehead atoms. The van der Waals surface area contributed by atoms with Gasteiger partial charge in [-0.1, -0.05) is 18.9 Å². The average Bonchev–Trinajstić information content (AvgIpc) is 3.05. The standard InChI is InChI=1S/C12H20N2O2/c1-3-4-9(11(13)15)10(12(16)14-2)7-8-5-6-8/h3,8-10H,1,4-7H2,2H3,(H2,13,15)(H,14,16)/t9-,10?/m0/s1. The normalized spacial score (nSPS) is 18.6. The van der Waals surface area contributed by atoms with Gasteiger partial charge in [0.15, 0.2) is 0 Å². The van der Waals surface area contributed by atoms with Crippen LogP contribution in [0.15, 0.2) is 12.7 Å². The lowest BCUT2D eigenvalue weighted by atomic mass is 9.84. The van der Waals surface area contributed by atoms with Crippen molar-refractivity contribution in [3.63, 3.8) is 0 Å². The third kappa shape index (κ3) is 3.36. The van der Waals surface area contributed by atoms with Gasteiger partial charge < -0.3 is 11.1 Å². The summed E-state index contributed by atoms with van der Waals surface area (Å²) in [6.07, 6.45) is 5.21. The van der Waals surface area contributed by atoms with Crippen molar-refractivity contribution < 1.29 is 9.59 Å². The van der Waals surface area contributed by atoms with E-state index in [0.29, 0.717) is 12.3 Å². The number of primary amides is 1. The van der Waals surface area contributed by atoms with Crippen molar-refractivity contribution in [1.82, 2.24) is 5.32 Å². The molecule has 0 heterocycles. The molecule has 0 spiro atoms. The quantitative estimate of drug-likeness (QED) is 0.629. The van der Waals surface area contributed by atoms with Crippen LogP contribution in [-0.2, 0) is 9.59 Å². The van der Waals surface area contributed by atoms with Crippen molar-refractivity contribution in [2.24, 2.45) is 23.5 Å². The number of nitrogens with one attached hydrogen (secondary N) is 1. The van der Waals surface area contributed by atoms with E-state index in [9.17, 15) is 9.59 Å². The Bertz CT molecular complexity index is 285. The van der Waals surface area contributed by atoms with Gasteiger partial charge in [0.25, 0.3) is 0 Å². The van der Waals surface area contributed by atoms with Crippen LogP contribution in [0, 0.1) is 17.8 Å². The lowest BCUT2D eigenvalue weighted by molar-refractivity contribution is -0.133. The van der Waals surface area contributed by atoms with E-state index in [0.717, 1.165) is 19.3 Å². The van der Waals surface area contributed by atoms with Crippen LogP contribution >= 0.6 is 0 Å². The smallest absolute Gasteiger partial charge is 0.223 e. The highest BCUT2D eigenvalue weighted by molar-refractivity contribution is 5.86. The Kier molecular flexibility index (Phi) is 4.52. The highest BCUT2D eigenvalue weighted by Crippen LogP contribution is 2.38. The zero-order valence-electron chi connectivity index (χ0n) is 9.74. The fourth-order valence-electron chi connectivity index (χ4n) is 2.01. The zero-order valence-corrected chi connectivity index (χ0v) is 9.74. The second-order valence-corrected chi connectivity index (χ2v) is 4.43. The van der Waals surface area contributed by atoms with Gasteiger partial charge in [-0.2, -0.15) is 0 Å². The van der Waals surface area contributed by atoms with Crippen molar-refractivity contribution in [2.45, 2.75) is 25.7 Å². The maximum absolute atomic E-state index is 11.7. The molecule has 1 saturated carbocycles. The minimum atomic E-state index is -0.418. The molecule has 90 valence electrons. The van der Waals surface area contributed by atoms with E-state index < -0.39 is 11.8 Å². The molecule has 1 aliphatic carbocycles. The highest BCUT2D eigenvalue weighted by Gasteiger charge is 2.36. The summed E-state index contributed by atoms with van der Waals surface area (Å²) >= 11 is 0. The number of rotatable bonds is 7. The number of nitrogens with two attached hydrogens (primary N) is 1. The number of hydrogen-bond donors (Lipinski definition) is 2. The number of carbonyl (C=O) groups is 2. The first-order valence-electron chi connectivity index (χ1n) is 5.72. The second-order valence-electron chi connectivity index (χ2n) is 4.43. The zero-order chi connectivity index (χ0) is 12.1. The van der Waals surface area contributed by atoms with Crippen molar-refractivity contribution in [3.05, 3.63) is 12.7 Å². The van der Waals surface area contributed by atoms with Gasteiger partial charge in [-0.3, -0.25) is 9.59 Å². The van der Waals surface area contributed by atoms with Crippen molar-refractivity contribution in [3.8, 4) is 0 Å². The molecule has 1 unspecified atom stereocenters. The van der Waals surface area contributed by atoms with E-state index in [1.54, 1.807) is 13.1 Å². The average molecular weight is 224 g/mol. The molecule has 1 fully saturated rings. The van der Waals surface area contributed by atoms with Crippen molar-refractivity contribution in [2.75, 3.05) is 7.05 Å². The largest absolute Gasteiger partial charge is 0.369 e. The predicted molar refractivity (Wildman–Crippen MR) is 62.4 cm³/mol. The van der Waals surface area contributed by atoms with Gasteiger partial charge >= 0.3 is 0 Å². The molecule has 0 radical (unpaired) electrons. The van der Waals surface area contributed by atoms with Gasteiger partial charge in [-0.05, 0) is 18.8 Å². The van der Waals surface area contributed by atoms with Crippen LogP contribution in [0.5, 0.6) is 0 Å². The first-order valence-corrected chi connectivity index (χ1v) is 5.72. The molecule has 4 nitrogen and oxygen atoms in total. The molecule has 0 aromatic carbocycles. The molecular weight excluding hydrogens is 204 g/mol. The Balaban J connectivity index is 2.72. The van der Waals surface area contributed by atoms with Crippen molar-refractivity contribution in [1.29, 1.82) is 0 Å². The van der Waals surface area contributed by atoms with E-state index in [1.165, 1.54) is 0 Å². The van der Waals surface area contributed by atoms with Crippen LogP contribution in [0.2, 0.25) is 0 Å². The molecule has 0 aromatic rings. The van der Waals surface area contributed by atoms with Crippen LogP contribution < -0.4 is 11.1 Å². The fourth-order valence-corrected chi connectivity index (χ4v) is 2.01. The highest BCUT2D eigenvalue weighted by atomic mass is 16.2. The van der Waals surface area contributed by atoms with Crippen LogP contribution in [-0.4, -0.2) is 18.9 Å². The molecule has 1 aliphatic rings. The van der Waals surface area contributed by atoms with E-state index in [1.807, 2.05) is 0 Å². The third-order valence-electron chi connectivity index (χ3n) is 3.14. The number of amides is 2. The summed E-state index contributed by atoms with van der Waals surface area (Å²) < 4.78 is 0. The third-order valence-corrected chi connectivity index (χ3v) is 3.14. The Hall–Kier alpha value is -1.32. The second kappa shape index (κ2) is 5.68. The molecule has 0 aromatic heterocycles. The summed E-state index contributed by atoms with van der Waals surface area (Å²) in [6, 6.07) is 0. The first kappa shape index (κ1) is 12.7. The van der Waals surface area contributed by atoms with Crippen LogP contribution in [0.1, 0.15) is 25.7 Å². The summed E-state index contributed by atoms with van der Waals surface area (Å²) in [6.45, 7) is 3.61. The molecule has 1 rings (SSSR count). The Labute approximate surface area is 96.3 Å². The molecule has 0 saturated heterocycles. The molecule has 16 heavy (non-hydrogen) atoms. The Morgan fingerprint density at radius 1 is 1.50 bits per heavy atom. The molecule has 0 aliphatic heterocycles. The Morgan fingerprint density at radius 3 is 2.50 bits per heavy atom. The summed E-state index contributed by atoms with van der Waals surface area (Å²) in [4.78, 5) is 23.1. The first-order chi connectivity index (χ1) is 7.60. The fraction of sp³-hybridized carbons (Fsp3) is 0.667. The van der Waals surface area contributed by atoms with E-state index in [-0.39, 0.29) is 11.8 Å². The molecule has 2 amide bonds. The molecule has 3 N–H and O–H groups in total. The topological polar surface area (TPSA) is 72.2 Å². The van der Waals surface area contributed by atoms with Gasteiger partial charge in [0.2, 0.25) is 11.8 Å². The summed E-state index contributed by atoms with van der Waals surface area (Å²) in [5.74, 6) is -0.619. The van der Waals surface area contributed by atoms with Crippen LogP contribution in [0.25, 0.3) is 0 Å². The van der Waals surface area contributed by atoms with Crippen LogP contribution in [0.3, 0.4) is 0 Å². The van der Waals surface area contributed by atoms with E-state index in [4.69, 9.17) is 5.73 Å². The van der Waals surface area contributed by atoms with E-state index >= 15 is 0 Å². The van der Waals surface area contributed by atoms with Crippen LogP contribution in [0.4, 0.5) is 0 Å². The van der Waals surface area contributed by atoms with Gasteiger partial charge in [-0.15, -0.1) is 6.58 Å². The lowest BCUT2D eigenvalue weighted by Gasteiger charge is -2.22. The summed E-state index contributed by atoms with van der Waals surface area (Å²) in [5.41, 5.74) is 5.35. The number of allylic oxidation sites excluding steroid dienone is 1. The SMILES string of the molecule is C=CC[C@H](C(N)=O)C(CC1CC1)C(=O)NC. The van der Waals surface area contributed by atoms with Gasteiger partial charge in [0, 0.05) is 7.05 Å². The number of hydrogen-bond acceptors (Lipinski definition) is 2. The van der Waals surface area contributed by atoms with Crippen molar-refractivity contribution >= 4 is 11.8 Å². The van der Waals surface area contributed by atoms with Gasteiger partial charge in [-0.25, -0.2) is 0 Å². The Morgan fingerprint density at radius 2 is 2.12 bits per heavy atom. The molecular formula is C12H20N2O2. The van der Waals surface area contributed by atoms with Gasteiger partial charge in [0.05, 0.1) is 11.8 Å². The lowest BCUT2D eigenvalue weighted by Crippen LogP contribution is -2.39. The summed E-state index contributed by atoms with van der Waals surface area (Å²) in [5, 5.41) is 2.61. The van der Waals surface area contributed by atoms with E-state index in [2.05, 4.69) is 11.9 Å². The molecule has 2 atom stereocenters. The predicted octanol–water partition coefficient (Wildman–Crippen LogP) is 0.826. The minimum absolute atomic E-state index is 0.0856.